The molecule has 1 aliphatic carbocycles. The van der Waals surface area contributed by atoms with Crippen molar-refractivity contribution in [2.24, 2.45) is 17.2 Å². The molecule has 2 nitrogen and oxygen atoms in total. The topological polar surface area (TPSA) is 38.0 Å². The van der Waals surface area contributed by atoms with Gasteiger partial charge in [-0.25, -0.2) is 0 Å². The van der Waals surface area contributed by atoms with Crippen LogP contribution in [0, 0.1) is 11.3 Å². The molecule has 20 heavy (non-hydrogen) atoms. The molecule has 0 aromatic heterocycles. The lowest BCUT2D eigenvalue weighted by Crippen LogP contribution is -2.48. The van der Waals surface area contributed by atoms with Crippen molar-refractivity contribution in [1.82, 2.24) is 5.43 Å². The molecule has 4 heteroatoms. The SMILES string of the molecule is CC1(C)CCCCC1C(Cc1c(Cl)cccc1Cl)NN. The Bertz CT molecular complexity index is 440. The number of hydrazine groups is 1. The van der Waals surface area contributed by atoms with E-state index in [1.165, 1.54) is 25.7 Å². The van der Waals surface area contributed by atoms with Gasteiger partial charge in [0, 0.05) is 16.1 Å². The summed E-state index contributed by atoms with van der Waals surface area (Å²) in [6.07, 6.45) is 5.84. The van der Waals surface area contributed by atoms with Crippen LogP contribution in [0.25, 0.3) is 0 Å². The Kier molecular flexibility index (Phi) is 5.36. The lowest BCUT2D eigenvalue weighted by Gasteiger charge is -2.43. The van der Waals surface area contributed by atoms with Crippen molar-refractivity contribution in [3.63, 3.8) is 0 Å². The second-order valence-corrected chi connectivity index (χ2v) is 7.33. The van der Waals surface area contributed by atoms with E-state index in [0.29, 0.717) is 11.3 Å². The van der Waals surface area contributed by atoms with E-state index in [1.807, 2.05) is 18.2 Å². The van der Waals surface area contributed by atoms with E-state index in [0.717, 1.165) is 22.0 Å². The Morgan fingerprint density at radius 1 is 1.30 bits per heavy atom. The van der Waals surface area contributed by atoms with Gasteiger partial charge in [0.15, 0.2) is 0 Å². The van der Waals surface area contributed by atoms with Crippen molar-refractivity contribution in [3.05, 3.63) is 33.8 Å². The van der Waals surface area contributed by atoms with Crippen LogP contribution in [0.1, 0.15) is 45.1 Å². The highest BCUT2D eigenvalue weighted by Crippen LogP contribution is 2.43. The van der Waals surface area contributed by atoms with Gasteiger partial charge in [0.25, 0.3) is 0 Å². The van der Waals surface area contributed by atoms with Crippen molar-refractivity contribution in [1.29, 1.82) is 0 Å². The van der Waals surface area contributed by atoms with E-state index >= 15 is 0 Å². The van der Waals surface area contributed by atoms with Gasteiger partial charge in [0.2, 0.25) is 0 Å². The fourth-order valence-electron chi connectivity index (χ4n) is 3.53. The normalized spacial score (nSPS) is 23.6. The summed E-state index contributed by atoms with van der Waals surface area (Å²) < 4.78 is 0. The summed E-state index contributed by atoms with van der Waals surface area (Å²) in [6.45, 7) is 4.69. The molecule has 112 valence electrons. The second kappa shape index (κ2) is 6.65. The maximum atomic E-state index is 6.29. The number of nitrogens with one attached hydrogen (secondary N) is 1. The van der Waals surface area contributed by atoms with Crippen LogP contribution in [0.4, 0.5) is 0 Å². The van der Waals surface area contributed by atoms with Crippen LogP contribution in [-0.2, 0) is 6.42 Å². The Morgan fingerprint density at radius 3 is 2.50 bits per heavy atom. The molecule has 0 radical (unpaired) electrons. The first-order valence-corrected chi connectivity index (χ1v) is 8.10. The minimum Gasteiger partial charge on any atom is -0.271 e. The monoisotopic (exact) mass is 314 g/mol. The van der Waals surface area contributed by atoms with Gasteiger partial charge in [-0.05, 0) is 48.3 Å². The molecule has 1 aromatic rings. The van der Waals surface area contributed by atoms with Gasteiger partial charge in [-0.3, -0.25) is 11.3 Å². The van der Waals surface area contributed by atoms with E-state index in [2.05, 4.69) is 19.3 Å². The summed E-state index contributed by atoms with van der Waals surface area (Å²) in [5, 5.41) is 1.46. The van der Waals surface area contributed by atoms with Gasteiger partial charge < -0.3 is 0 Å². The molecule has 2 atom stereocenters. The van der Waals surface area contributed by atoms with E-state index in [9.17, 15) is 0 Å². The zero-order valence-electron chi connectivity index (χ0n) is 12.3. The average Bonchev–Trinajstić information content (AvgIpc) is 2.39. The fourth-order valence-corrected chi connectivity index (χ4v) is 4.08. The molecule has 1 aromatic carbocycles. The highest BCUT2D eigenvalue weighted by atomic mass is 35.5. The molecule has 1 saturated carbocycles. The molecule has 1 fully saturated rings. The standard InChI is InChI=1S/C16H24Cl2N2/c1-16(2)9-4-3-6-12(16)15(20-19)10-11-13(17)7-5-8-14(11)18/h5,7-8,12,15,20H,3-4,6,9-10,19H2,1-2H3. The van der Waals surface area contributed by atoms with Gasteiger partial charge in [-0.1, -0.05) is 56.0 Å². The quantitative estimate of drug-likeness (QED) is 0.630. The van der Waals surface area contributed by atoms with E-state index < -0.39 is 0 Å². The highest BCUT2D eigenvalue weighted by Gasteiger charge is 2.37. The van der Waals surface area contributed by atoms with Gasteiger partial charge >= 0.3 is 0 Å². The van der Waals surface area contributed by atoms with Crippen molar-refractivity contribution in [2.45, 2.75) is 52.0 Å². The third-order valence-electron chi connectivity index (χ3n) is 4.78. The summed E-state index contributed by atoms with van der Waals surface area (Å²) in [7, 11) is 0. The fraction of sp³-hybridized carbons (Fsp3) is 0.625. The van der Waals surface area contributed by atoms with Gasteiger partial charge in [0.05, 0.1) is 0 Å². The molecule has 0 heterocycles. The maximum absolute atomic E-state index is 6.29. The third kappa shape index (κ3) is 3.48. The van der Waals surface area contributed by atoms with Crippen LogP contribution in [-0.4, -0.2) is 6.04 Å². The highest BCUT2D eigenvalue weighted by molar-refractivity contribution is 6.36. The van der Waals surface area contributed by atoms with E-state index in [4.69, 9.17) is 29.0 Å². The van der Waals surface area contributed by atoms with Crippen molar-refractivity contribution in [3.8, 4) is 0 Å². The Morgan fingerprint density at radius 2 is 1.95 bits per heavy atom. The number of halogens is 2. The molecule has 2 unspecified atom stereocenters. The van der Waals surface area contributed by atoms with Crippen molar-refractivity contribution < 1.29 is 0 Å². The molecule has 2 rings (SSSR count). The van der Waals surface area contributed by atoms with Gasteiger partial charge in [0.1, 0.15) is 0 Å². The Balaban J connectivity index is 2.20. The minimum absolute atomic E-state index is 0.211. The molecule has 0 saturated heterocycles. The lowest BCUT2D eigenvalue weighted by atomic mass is 9.65. The summed E-state index contributed by atoms with van der Waals surface area (Å²) in [6, 6.07) is 5.87. The molecular formula is C16H24Cl2N2. The first-order valence-electron chi connectivity index (χ1n) is 7.34. The average molecular weight is 315 g/mol. The van der Waals surface area contributed by atoms with Crippen LogP contribution >= 0.6 is 23.2 Å². The molecule has 1 aliphatic rings. The summed E-state index contributed by atoms with van der Waals surface area (Å²) in [5.41, 5.74) is 4.32. The number of hydrogen-bond acceptors (Lipinski definition) is 2. The molecule has 0 bridgehead atoms. The van der Waals surface area contributed by atoms with Crippen LogP contribution in [0.5, 0.6) is 0 Å². The molecule has 3 N–H and O–H groups in total. The smallest absolute Gasteiger partial charge is 0.0453 e. The minimum atomic E-state index is 0.211. The van der Waals surface area contributed by atoms with Crippen molar-refractivity contribution in [2.75, 3.05) is 0 Å². The molecule has 0 spiro atoms. The maximum Gasteiger partial charge on any atom is 0.0453 e. The zero-order chi connectivity index (χ0) is 14.8. The lowest BCUT2D eigenvalue weighted by molar-refractivity contribution is 0.0982. The predicted octanol–water partition coefficient (Wildman–Crippen LogP) is 4.58. The third-order valence-corrected chi connectivity index (χ3v) is 5.48. The first-order chi connectivity index (χ1) is 9.45. The zero-order valence-corrected chi connectivity index (χ0v) is 13.8. The Hall–Kier alpha value is -0.280. The van der Waals surface area contributed by atoms with E-state index in [-0.39, 0.29) is 6.04 Å². The van der Waals surface area contributed by atoms with Crippen molar-refractivity contribution >= 4 is 23.2 Å². The van der Waals surface area contributed by atoms with Crippen LogP contribution < -0.4 is 11.3 Å². The second-order valence-electron chi connectivity index (χ2n) is 6.52. The van der Waals surface area contributed by atoms with E-state index in [1.54, 1.807) is 0 Å². The number of rotatable bonds is 4. The predicted molar refractivity (Wildman–Crippen MR) is 87.0 cm³/mol. The summed E-state index contributed by atoms with van der Waals surface area (Å²) in [4.78, 5) is 0. The number of nitrogens with two attached hydrogens (primary N) is 1. The summed E-state index contributed by atoms with van der Waals surface area (Å²) in [5.74, 6) is 6.39. The van der Waals surface area contributed by atoms with Gasteiger partial charge in [-0.15, -0.1) is 0 Å². The van der Waals surface area contributed by atoms with Crippen LogP contribution in [0.2, 0.25) is 10.0 Å². The van der Waals surface area contributed by atoms with Crippen LogP contribution in [0.3, 0.4) is 0 Å². The molecule has 0 aliphatic heterocycles. The van der Waals surface area contributed by atoms with Crippen LogP contribution in [0.15, 0.2) is 18.2 Å². The largest absolute Gasteiger partial charge is 0.271 e. The first kappa shape index (κ1) is 16.1. The Labute approximate surface area is 132 Å². The number of hydrogen-bond donors (Lipinski definition) is 2. The van der Waals surface area contributed by atoms with Gasteiger partial charge in [-0.2, -0.15) is 0 Å². The molecule has 0 amide bonds. The summed E-state index contributed by atoms with van der Waals surface area (Å²) >= 11 is 12.6. The number of benzene rings is 1. The molecular weight excluding hydrogens is 291 g/mol.